The highest BCUT2D eigenvalue weighted by Crippen LogP contribution is 2.27. The van der Waals surface area contributed by atoms with E-state index in [1.165, 1.54) is 30.4 Å². The molecule has 0 atom stereocenters. The minimum absolute atomic E-state index is 0.0651. The highest BCUT2D eigenvalue weighted by Gasteiger charge is 2.19. The lowest BCUT2D eigenvalue weighted by atomic mass is 10.1. The summed E-state index contributed by atoms with van der Waals surface area (Å²) in [5.74, 6) is -0.460. The van der Waals surface area contributed by atoms with E-state index in [2.05, 4.69) is 10.2 Å². The molecule has 1 aliphatic rings. The van der Waals surface area contributed by atoms with Crippen LogP contribution in [0.15, 0.2) is 42.5 Å². The van der Waals surface area contributed by atoms with Crippen molar-refractivity contribution in [1.82, 2.24) is 0 Å². The third-order valence-electron chi connectivity index (χ3n) is 4.83. The number of anilines is 3. The maximum absolute atomic E-state index is 12.5. The predicted molar refractivity (Wildman–Crippen MR) is 111 cm³/mol. The topological polar surface area (TPSA) is 52.7 Å². The van der Waals surface area contributed by atoms with Gasteiger partial charge in [-0.25, -0.2) is 0 Å². The Bertz CT molecular complexity index is 830. The molecule has 1 heterocycles. The molecule has 0 unspecified atom stereocenters. The fourth-order valence-corrected chi connectivity index (χ4v) is 3.50. The van der Waals surface area contributed by atoms with Crippen LogP contribution in [0, 0.1) is 6.92 Å². The van der Waals surface area contributed by atoms with Gasteiger partial charge < -0.3 is 15.1 Å². The third-order valence-corrected chi connectivity index (χ3v) is 5.24. The van der Waals surface area contributed by atoms with Crippen molar-refractivity contribution in [2.24, 2.45) is 0 Å². The van der Waals surface area contributed by atoms with Crippen LogP contribution in [0.5, 0.6) is 0 Å². The lowest BCUT2D eigenvalue weighted by Gasteiger charge is -2.23. The Morgan fingerprint density at radius 2 is 1.78 bits per heavy atom. The van der Waals surface area contributed by atoms with Crippen LogP contribution < -0.4 is 15.1 Å². The normalized spacial score (nSPS) is 13.5. The van der Waals surface area contributed by atoms with Crippen LogP contribution in [-0.2, 0) is 9.59 Å². The number of nitrogens with zero attached hydrogens (tertiary/aromatic N) is 2. The number of carbonyl (C=O) groups is 2. The van der Waals surface area contributed by atoms with Crippen LogP contribution in [0.25, 0.3) is 0 Å². The molecule has 0 spiro atoms. The van der Waals surface area contributed by atoms with Gasteiger partial charge in [0.1, 0.15) is 6.54 Å². The molecule has 0 radical (unpaired) electrons. The number of rotatable bonds is 5. The summed E-state index contributed by atoms with van der Waals surface area (Å²) in [4.78, 5) is 28.4. The lowest BCUT2D eigenvalue weighted by molar-refractivity contribution is -0.120. The van der Waals surface area contributed by atoms with Gasteiger partial charge in [-0.1, -0.05) is 17.7 Å². The van der Waals surface area contributed by atoms with Gasteiger partial charge >= 0.3 is 0 Å². The van der Waals surface area contributed by atoms with Gasteiger partial charge in [-0.2, -0.15) is 0 Å². The molecule has 2 aromatic rings. The van der Waals surface area contributed by atoms with E-state index in [4.69, 9.17) is 11.6 Å². The molecule has 0 bridgehead atoms. The maximum Gasteiger partial charge on any atom is 0.244 e. The van der Waals surface area contributed by atoms with Gasteiger partial charge in [0.15, 0.2) is 0 Å². The molecule has 0 aromatic heterocycles. The van der Waals surface area contributed by atoms with Gasteiger partial charge in [0, 0.05) is 42.1 Å². The van der Waals surface area contributed by atoms with Gasteiger partial charge in [-0.05, 0) is 61.7 Å². The summed E-state index contributed by atoms with van der Waals surface area (Å²) in [6.07, 6.45) is 2.45. The van der Waals surface area contributed by atoms with Gasteiger partial charge in [-0.3, -0.25) is 9.59 Å². The molecule has 1 N–H and O–H groups in total. The lowest BCUT2D eigenvalue weighted by Crippen LogP contribution is -2.37. The van der Waals surface area contributed by atoms with Crippen LogP contribution in [0.2, 0.25) is 5.02 Å². The van der Waals surface area contributed by atoms with E-state index in [9.17, 15) is 9.59 Å². The van der Waals surface area contributed by atoms with E-state index in [1.54, 1.807) is 18.2 Å². The second-order valence-electron chi connectivity index (χ2n) is 6.78. The molecule has 3 rings (SSSR count). The number of benzene rings is 2. The smallest absolute Gasteiger partial charge is 0.244 e. The van der Waals surface area contributed by atoms with Crippen LogP contribution in [-0.4, -0.2) is 31.4 Å². The van der Waals surface area contributed by atoms with Crippen LogP contribution >= 0.6 is 11.6 Å². The fourth-order valence-electron chi connectivity index (χ4n) is 3.33. The fraction of sp³-hybridized carbons (Fsp3) is 0.333. The highest BCUT2D eigenvalue weighted by atomic mass is 35.5. The van der Waals surface area contributed by atoms with Crippen molar-refractivity contribution in [3.63, 3.8) is 0 Å². The summed E-state index contributed by atoms with van der Waals surface area (Å²) < 4.78 is 0. The zero-order valence-corrected chi connectivity index (χ0v) is 16.4. The summed E-state index contributed by atoms with van der Waals surface area (Å²) >= 11 is 6.16. The summed E-state index contributed by atoms with van der Waals surface area (Å²) in [7, 11) is 0. The van der Waals surface area contributed by atoms with E-state index in [-0.39, 0.29) is 18.4 Å². The summed E-state index contributed by atoms with van der Waals surface area (Å²) in [6.45, 7) is 5.38. The van der Waals surface area contributed by atoms with Crippen molar-refractivity contribution >= 4 is 40.5 Å². The van der Waals surface area contributed by atoms with Crippen molar-refractivity contribution in [2.75, 3.05) is 34.8 Å². The molecule has 2 aromatic carbocycles. The highest BCUT2D eigenvalue weighted by molar-refractivity contribution is 6.31. The number of hydrogen-bond donors (Lipinski definition) is 1. The molecule has 2 amide bonds. The standard InChI is InChI=1S/C21H24ClN3O2/c1-15-19(22)6-5-7-20(15)25(16(2)26)14-21(27)23-17-8-10-18(11-9-17)24-12-3-4-13-24/h5-11H,3-4,12-14H2,1-2H3,(H,23,27). The van der Waals surface area contributed by atoms with E-state index >= 15 is 0 Å². The zero-order chi connectivity index (χ0) is 19.4. The molecule has 1 aliphatic heterocycles. The Kier molecular flexibility index (Phi) is 6.01. The average Bonchev–Trinajstić information content (AvgIpc) is 3.17. The third kappa shape index (κ3) is 4.61. The molecule has 1 fully saturated rings. The molecule has 6 heteroatoms. The summed E-state index contributed by atoms with van der Waals surface area (Å²) in [5.41, 5.74) is 3.31. The molecule has 1 saturated heterocycles. The molecule has 142 valence electrons. The quantitative estimate of drug-likeness (QED) is 0.837. The van der Waals surface area contributed by atoms with Gasteiger partial charge in [0.25, 0.3) is 0 Å². The first-order valence-electron chi connectivity index (χ1n) is 9.14. The van der Waals surface area contributed by atoms with Crippen molar-refractivity contribution < 1.29 is 9.59 Å². The zero-order valence-electron chi connectivity index (χ0n) is 15.7. The predicted octanol–water partition coefficient (Wildman–Crippen LogP) is 4.24. The summed E-state index contributed by atoms with van der Waals surface area (Å²) in [5, 5.41) is 3.43. The van der Waals surface area contributed by atoms with E-state index < -0.39 is 0 Å². The Balaban J connectivity index is 1.67. The number of halogens is 1. The largest absolute Gasteiger partial charge is 0.372 e. The number of hydrogen-bond acceptors (Lipinski definition) is 3. The maximum atomic E-state index is 12.5. The minimum atomic E-state index is -0.251. The van der Waals surface area contributed by atoms with Crippen molar-refractivity contribution in [2.45, 2.75) is 26.7 Å². The van der Waals surface area contributed by atoms with Crippen molar-refractivity contribution in [3.8, 4) is 0 Å². The molecular weight excluding hydrogens is 362 g/mol. The van der Waals surface area contributed by atoms with Gasteiger partial charge in [0.05, 0.1) is 0 Å². The van der Waals surface area contributed by atoms with E-state index in [0.29, 0.717) is 16.4 Å². The number of carbonyl (C=O) groups excluding carboxylic acids is 2. The minimum Gasteiger partial charge on any atom is -0.372 e. The Morgan fingerprint density at radius 3 is 2.41 bits per heavy atom. The molecule has 0 aliphatic carbocycles. The molecule has 5 nitrogen and oxygen atoms in total. The van der Waals surface area contributed by atoms with E-state index in [0.717, 1.165) is 18.7 Å². The molecule has 0 saturated carbocycles. The number of amides is 2. The average molecular weight is 386 g/mol. The second kappa shape index (κ2) is 8.44. The van der Waals surface area contributed by atoms with Crippen molar-refractivity contribution in [1.29, 1.82) is 0 Å². The second-order valence-corrected chi connectivity index (χ2v) is 7.19. The van der Waals surface area contributed by atoms with Gasteiger partial charge in [0.2, 0.25) is 11.8 Å². The van der Waals surface area contributed by atoms with E-state index in [1.807, 2.05) is 31.2 Å². The SMILES string of the molecule is CC(=O)N(CC(=O)Nc1ccc(N2CCCC2)cc1)c1cccc(Cl)c1C. The monoisotopic (exact) mass is 385 g/mol. The van der Waals surface area contributed by atoms with Crippen LogP contribution in [0.1, 0.15) is 25.3 Å². The Labute approximate surface area is 164 Å². The first-order valence-corrected chi connectivity index (χ1v) is 9.51. The van der Waals surface area contributed by atoms with Crippen molar-refractivity contribution in [3.05, 3.63) is 53.1 Å². The molecule has 27 heavy (non-hydrogen) atoms. The molecular formula is C21H24ClN3O2. The first kappa shape index (κ1) is 19.2. The first-order chi connectivity index (χ1) is 13.0. The van der Waals surface area contributed by atoms with Crippen LogP contribution in [0.3, 0.4) is 0 Å². The number of nitrogens with one attached hydrogen (secondary N) is 1. The Morgan fingerprint density at radius 1 is 1.11 bits per heavy atom. The van der Waals surface area contributed by atoms with Gasteiger partial charge in [-0.15, -0.1) is 0 Å². The Hall–Kier alpha value is -2.53. The van der Waals surface area contributed by atoms with Crippen LogP contribution in [0.4, 0.5) is 17.1 Å². The summed E-state index contributed by atoms with van der Waals surface area (Å²) in [6, 6.07) is 13.2.